The number of nitrogens with zero attached hydrogens (tertiary/aromatic N) is 1. The second kappa shape index (κ2) is 4.61. The van der Waals surface area contributed by atoms with Crippen LogP contribution in [0.2, 0.25) is 0 Å². The van der Waals surface area contributed by atoms with E-state index in [-0.39, 0.29) is 0 Å². The van der Waals surface area contributed by atoms with Gasteiger partial charge in [-0.25, -0.2) is 4.39 Å². The minimum atomic E-state index is -0.402. The summed E-state index contributed by atoms with van der Waals surface area (Å²) in [5.41, 5.74) is 2.41. The molecule has 0 N–H and O–H groups in total. The van der Waals surface area contributed by atoms with Gasteiger partial charge < -0.3 is 0 Å². The summed E-state index contributed by atoms with van der Waals surface area (Å²) >= 11 is 0. The van der Waals surface area contributed by atoms with Crippen LogP contribution in [-0.4, -0.2) is 11.3 Å². The number of hydrogen-bond acceptors (Lipinski definition) is 2. The molecule has 0 aliphatic heterocycles. The maximum absolute atomic E-state index is 14.1. The van der Waals surface area contributed by atoms with Crippen molar-refractivity contribution in [1.82, 2.24) is 4.98 Å². The van der Waals surface area contributed by atoms with Crippen LogP contribution in [0.5, 0.6) is 0 Å². The quantitative estimate of drug-likeness (QED) is 0.647. The molecule has 1 heterocycles. The monoisotopic (exact) mass is 251 g/mol. The number of carbonyl (C=O) groups excluding carboxylic acids is 1. The number of fused-ring (bicyclic) bond motifs is 1. The van der Waals surface area contributed by atoms with Crippen molar-refractivity contribution in [3.05, 3.63) is 66.1 Å². The molecule has 0 amide bonds. The third kappa shape index (κ3) is 1.99. The summed E-state index contributed by atoms with van der Waals surface area (Å²) in [6.45, 7) is 0. The predicted molar refractivity (Wildman–Crippen MR) is 72.5 cm³/mol. The number of aldehydes is 1. The minimum absolute atomic E-state index is 0.333. The van der Waals surface area contributed by atoms with E-state index in [4.69, 9.17) is 0 Å². The fraction of sp³-hybridized carbons (Fsp3) is 0. The smallest absolute Gasteiger partial charge is 0.150 e. The van der Waals surface area contributed by atoms with Crippen molar-refractivity contribution in [3.63, 3.8) is 0 Å². The third-order valence-electron chi connectivity index (χ3n) is 3.07. The standard InChI is InChI=1S/C16H10FNO/c17-15-9-11(10-19)6-7-13(15)12-3-1-5-16-14(12)4-2-8-18-16/h1-10H. The first-order valence-electron chi connectivity index (χ1n) is 5.88. The number of pyridine rings is 1. The van der Waals surface area contributed by atoms with Gasteiger partial charge in [0.25, 0.3) is 0 Å². The molecular formula is C16H10FNO. The largest absolute Gasteiger partial charge is 0.298 e. The van der Waals surface area contributed by atoms with Gasteiger partial charge in [-0.05, 0) is 23.8 Å². The van der Waals surface area contributed by atoms with Gasteiger partial charge in [0.1, 0.15) is 12.1 Å². The summed E-state index contributed by atoms with van der Waals surface area (Å²) < 4.78 is 14.1. The number of hydrogen-bond donors (Lipinski definition) is 0. The Morgan fingerprint density at radius 2 is 1.89 bits per heavy atom. The molecule has 0 aliphatic carbocycles. The average Bonchev–Trinajstić information content (AvgIpc) is 2.46. The maximum atomic E-state index is 14.1. The fourth-order valence-electron chi connectivity index (χ4n) is 2.16. The molecule has 19 heavy (non-hydrogen) atoms. The number of aromatic nitrogens is 1. The van der Waals surface area contributed by atoms with Crippen molar-refractivity contribution < 1.29 is 9.18 Å². The normalized spacial score (nSPS) is 10.6. The summed E-state index contributed by atoms with van der Waals surface area (Å²) in [5.74, 6) is -0.402. The molecule has 0 atom stereocenters. The topological polar surface area (TPSA) is 30.0 Å². The first-order valence-corrected chi connectivity index (χ1v) is 5.88. The lowest BCUT2D eigenvalue weighted by molar-refractivity contribution is 0.112. The number of rotatable bonds is 2. The van der Waals surface area contributed by atoms with Gasteiger partial charge in [0, 0.05) is 22.7 Å². The average molecular weight is 251 g/mol. The number of halogens is 1. The summed E-state index contributed by atoms with van der Waals surface area (Å²) in [7, 11) is 0. The third-order valence-corrected chi connectivity index (χ3v) is 3.07. The van der Waals surface area contributed by atoms with Gasteiger partial charge in [0.05, 0.1) is 5.52 Å². The van der Waals surface area contributed by atoms with Crippen LogP contribution in [0.1, 0.15) is 10.4 Å². The minimum Gasteiger partial charge on any atom is -0.298 e. The first-order chi connectivity index (χ1) is 9.29. The van der Waals surface area contributed by atoms with Gasteiger partial charge >= 0.3 is 0 Å². The fourth-order valence-corrected chi connectivity index (χ4v) is 2.16. The molecule has 0 saturated carbocycles. The molecule has 2 nitrogen and oxygen atoms in total. The van der Waals surface area contributed by atoms with E-state index in [2.05, 4.69) is 4.98 Å². The van der Waals surface area contributed by atoms with Gasteiger partial charge in [-0.1, -0.05) is 30.3 Å². The zero-order valence-electron chi connectivity index (χ0n) is 10.0. The molecule has 3 aromatic rings. The molecule has 1 aromatic heterocycles. The molecule has 0 spiro atoms. The van der Waals surface area contributed by atoms with E-state index in [1.807, 2.05) is 30.3 Å². The van der Waals surface area contributed by atoms with Crippen LogP contribution in [0.3, 0.4) is 0 Å². The Bertz CT molecular complexity index is 762. The Hall–Kier alpha value is -2.55. The molecule has 0 unspecified atom stereocenters. The second-order valence-electron chi connectivity index (χ2n) is 4.23. The van der Waals surface area contributed by atoms with Crippen LogP contribution in [0, 0.1) is 5.82 Å². The Morgan fingerprint density at radius 1 is 1.00 bits per heavy atom. The number of benzene rings is 2. The van der Waals surface area contributed by atoms with E-state index in [1.165, 1.54) is 6.07 Å². The van der Waals surface area contributed by atoms with Crippen LogP contribution < -0.4 is 0 Å². The highest BCUT2D eigenvalue weighted by Gasteiger charge is 2.09. The van der Waals surface area contributed by atoms with E-state index < -0.39 is 5.82 Å². The Labute approximate surface area is 109 Å². The highest BCUT2D eigenvalue weighted by Crippen LogP contribution is 2.29. The molecule has 3 rings (SSSR count). The molecular weight excluding hydrogens is 241 g/mol. The van der Waals surface area contributed by atoms with Crippen molar-refractivity contribution in [2.75, 3.05) is 0 Å². The summed E-state index contributed by atoms with van der Waals surface area (Å²) in [6, 6.07) is 13.8. The predicted octanol–water partition coefficient (Wildman–Crippen LogP) is 3.85. The summed E-state index contributed by atoms with van der Waals surface area (Å²) in [6.07, 6.45) is 2.34. The highest BCUT2D eigenvalue weighted by atomic mass is 19.1. The van der Waals surface area contributed by atoms with Crippen LogP contribution in [0.15, 0.2) is 54.7 Å². The summed E-state index contributed by atoms with van der Waals surface area (Å²) in [4.78, 5) is 14.9. The molecule has 0 saturated heterocycles. The molecule has 0 aliphatic rings. The van der Waals surface area contributed by atoms with Gasteiger partial charge in [-0.3, -0.25) is 9.78 Å². The molecule has 0 bridgehead atoms. The highest BCUT2D eigenvalue weighted by molar-refractivity contribution is 5.95. The van der Waals surface area contributed by atoms with E-state index >= 15 is 0 Å². The molecule has 0 fully saturated rings. The lowest BCUT2D eigenvalue weighted by Gasteiger charge is -2.07. The SMILES string of the molecule is O=Cc1ccc(-c2cccc3ncccc23)c(F)c1. The van der Waals surface area contributed by atoms with Crippen molar-refractivity contribution in [3.8, 4) is 11.1 Å². The van der Waals surface area contributed by atoms with Crippen molar-refractivity contribution in [1.29, 1.82) is 0 Å². The van der Waals surface area contributed by atoms with E-state index in [1.54, 1.807) is 18.3 Å². The second-order valence-corrected chi connectivity index (χ2v) is 4.23. The van der Waals surface area contributed by atoms with E-state index in [0.29, 0.717) is 17.4 Å². The van der Waals surface area contributed by atoms with Gasteiger partial charge in [-0.15, -0.1) is 0 Å². The molecule has 0 radical (unpaired) electrons. The lowest BCUT2D eigenvalue weighted by Crippen LogP contribution is -1.89. The Balaban J connectivity index is 2.27. The Kier molecular flexibility index (Phi) is 2.80. The van der Waals surface area contributed by atoms with Crippen LogP contribution in [-0.2, 0) is 0 Å². The molecule has 92 valence electrons. The van der Waals surface area contributed by atoms with E-state index in [0.717, 1.165) is 16.5 Å². The zero-order valence-corrected chi connectivity index (χ0v) is 10.0. The Morgan fingerprint density at radius 3 is 2.68 bits per heavy atom. The van der Waals surface area contributed by atoms with Gasteiger partial charge in [0.2, 0.25) is 0 Å². The van der Waals surface area contributed by atoms with Crippen molar-refractivity contribution in [2.45, 2.75) is 0 Å². The van der Waals surface area contributed by atoms with Crippen LogP contribution >= 0.6 is 0 Å². The summed E-state index contributed by atoms with van der Waals surface area (Å²) in [5, 5.41) is 0.891. The van der Waals surface area contributed by atoms with Gasteiger partial charge in [-0.2, -0.15) is 0 Å². The van der Waals surface area contributed by atoms with Crippen LogP contribution in [0.4, 0.5) is 4.39 Å². The number of carbonyl (C=O) groups is 1. The van der Waals surface area contributed by atoms with E-state index in [9.17, 15) is 9.18 Å². The lowest BCUT2D eigenvalue weighted by atomic mass is 9.99. The van der Waals surface area contributed by atoms with Gasteiger partial charge in [0.15, 0.2) is 0 Å². The molecule has 2 aromatic carbocycles. The first kappa shape index (κ1) is 11.5. The zero-order chi connectivity index (χ0) is 13.2. The molecule has 3 heteroatoms. The van der Waals surface area contributed by atoms with Crippen LogP contribution in [0.25, 0.3) is 22.0 Å². The van der Waals surface area contributed by atoms with Crippen molar-refractivity contribution in [2.24, 2.45) is 0 Å². The maximum Gasteiger partial charge on any atom is 0.150 e. The van der Waals surface area contributed by atoms with Crippen molar-refractivity contribution >= 4 is 17.2 Å².